The zero-order chi connectivity index (χ0) is 11.5. The lowest BCUT2D eigenvalue weighted by molar-refractivity contribution is 0.00746. The number of hydrogen-bond acceptors (Lipinski definition) is 3. The molecule has 0 unspecified atom stereocenters. The third-order valence-corrected chi connectivity index (χ3v) is 3.23. The zero-order valence-electron chi connectivity index (χ0n) is 10.3. The lowest BCUT2D eigenvalue weighted by atomic mass is 10.0. The third-order valence-electron chi connectivity index (χ3n) is 3.23. The molecule has 2 atom stereocenters. The molecule has 0 bridgehead atoms. The minimum absolute atomic E-state index is 0.138. The quantitative estimate of drug-likeness (QED) is 0.847. The first-order valence-electron chi connectivity index (χ1n) is 5.96. The third kappa shape index (κ3) is 2.42. The summed E-state index contributed by atoms with van der Waals surface area (Å²) < 4.78 is 6.06. The molecule has 3 heteroatoms. The van der Waals surface area contributed by atoms with Crippen molar-refractivity contribution < 1.29 is 4.74 Å². The molecule has 1 aliphatic rings. The van der Waals surface area contributed by atoms with Gasteiger partial charge in [-0.25, -0.2) is 0 Å². The van der Waals surface area contributed by atoms with Crippen LogP contribution in [0.15, 0.2) is 12.3 Å². The Morgan fingerprint density at radius 3 is 2.94 bits per heavy atom. The van der Waals surface area contributed by atoms with E-state index in [1.807, 2.05) is 6.20 Å². The molecule has 1 aromatic heterocycles. The van der Waals surface area contributed by atoms with Crippen LogP contribution >= 0.6 is 0 Å². The molecule has 88 valence electrons. The van der Waals surface area contributed by atoms with E-state index in [1.54, 1.807) is 0 Å². The van der Waals surface area contributed by atoms with Gasteiger partial charge in [0, 0.05) is 24.0 Å². The minimum atomic E-state index is 0.138. The molecule has 1 saturated heterocycles. The van der Waals surface area contributed by atoms with Crippen LogP contribution in [-0.4, -0.2) is 24.2 Å². The van der Waals surface area contributed by atoms with Gasteiger partial charge >= 0.3 is 0 Å². The Hall–Kier alpha value is -0.930. The molecule has 1 fully saturated rings. The van der Waals surface area contributed by atoms with Gasteiger partial charge < -0.3 is 10.1 Å². The second-order valence-corrected chi connectivity index (χ2v) is 4.52. The largest absolute Gasteiger partial charge is 0.369 e. The van der Waals surface area contributed by atoms with E-state index >= 15 is 0 Å². The molecule has 1 aromatic rings. The SMILES string of the molecule is Cc1ccnc(C)c1[C@@H](C)O[C@H]1CCNC1. The second-order valence-electron chi connectivity index (χ2n) is 4.52. The maximum atomic E-state index is 6.06. The van der Waals surface area contributed by atoms with Gasteiger partial charge in [0.1, 0.15) is 0 Å². The van der Waals surface area contributed by atoms with Crippen molar-refractivity contribution in [2.45, 2.75) is 39.4 Å². The molecule has 0 saturated carbocycles. The van der Waals surface area contributed by atoms with E-state index in [0.29, 0.717) is 6.10 Å². The highest BCUT2D eigenvalue weighted by Crippen LogP contribution is 2.25. The molecular formula is C13H20N2O. The molecular weight excluding hydrogens is 200 g/mol. The van der Waals surface area contributed by atoms with Crippen LogP contribution in [0.4, 0.5) is 0 Å². The summed E-state index contributed by atoms with van der Waals surface area (Å²) in [5.74, 6) is 0. The first-order valence-corrected chi connectivity index (χ1v) is 5.96. The van der Waals surface area contributed by atoms with Crippen LogP contribution in [0.2, 0.25) is 0 Å². The summed E-state index contributed by atoms with van der Waals surface area (Å²) in [4.78, 5) is 4.34. The number of aryl methyl sites for hydroxylation is 2. The highest BCUT2D eigenvalue weighted by molar-refractivity contribution is 5.30. The predicted molar refractivity (Wildman–Crippen MR) is 64.5 cm³/mol. The van der Waals surface area contributed by atoms with Gasteiger partial charge in [-0.3, -0.25) is 4.98 Å². The average molecular weight is 220 g/mol. The molecule has 0 aliphatic carbocycles. The molecule has 1 N–H and O–H groups in total. The fourth-order valence-electron chi connectivity index (χ4n) is 2.42. The summed E-state index contributed by atoms with van der Waals surface area (Å²) in [5, 5.41) is 3.32. The molecule has 0 radical (unpaired) electrons. The van der Waals surface area contributed by atoms with Gasteiger partial charge in [-0.05, 0) is 45.4 Å². The molecule has 3 nitrogen and oxygen atoms in total. The lowest BCUT2D eigenvalue weighted by Crippen LogP contribution is -2.19. The number of nitrogens with zero attached hydrogens (tertiary/aromatic N) is 1. The van der Waals surface area contributed by atoms with Crippen LogP contribution < -0.4 is 5.32 Å². The Kier molecular flexibility index (Phi) is 3.56. The Balaban J connectivity index is 2.10. The van der Waals surface area contributed by atoms with E-state index in [9.17, 15) is 0 Å². The fraction of sp³-hybridized carbons (Fsp3) is 0.615. The van der Waals surface area contributed by atoms with Gasteiger partial charge in [-0.2, -0.15) is 0 Å². The standard InChI is InChI=1S/C13H20N2O/c1-9-4-7-15-10(2)13(9)11(3)16-12-5-6-14-8-12/h4,7,11-12,14H,5-6,8H2,1-3H3/t11-,12+/m1/s1. The van der Waals surface area contributed by atoms with Crippen molar-refractivity contribution in [2.75, 3.05) is 13.1 Å². The number of pyridine rings is 1. The number of nitrogens with one attached hydrogen (secondary N) is 1. The molecule has 0 aromatic carbocycles. The minimum Gasteiger partial charge on any atom is -0.369 e. The second kappa shape index (κ2) is 4.93. The Labute approximate surface area is 97.2 Å². The van der Waals surface area contributed by atoms with Gasteiger partial charge in [0.2, 0.25) is 0 Å². The average Bonchev–Trinajstić information content (AvgIpc) is 2.70. The first kappa shape index (κ1) is 11.6. The van der Waals surface area contributed by atoms with Crippen molar-refractivity contribution in [1.29, 1.82) is 0 Å². The van der Waals surface area contributed by atoms with Crippen LogP contribution in [0.5, 0.6) is 0 Å². The Bertz CT molecular complexity index is 339. The van der Waals surface area contributed by atoms with Gasteiger partial charge in [-0.15, -0.1) is 0 Å². The molecule has 0 amide bonds. The summed E-state index contributed by atoms with van der Waals surface area (Å²) in [6.07, 6.45) is 3.47. The summed E-state index contributed by atoms with van der Waals surface area (Å²) in [6.45, 7) is 8.34. The highest BCUT2D eigenvalue weighted by Gasteiger charge is 2.20. The predicted octanol–water partition coefficient (Wildman–Crippen LogP) is 2.14. The van der Waals surface area contributed by atoms with E-state index in [4.69, 9.17) is 4.74 Å². The van der Waals surface area contributed by atoms with Crippen molar-refractivity contribution in [1.82, 2.24) is 10.3 Å². The van der Waals surface area contributed by atoms with Crippen molar-refractivity contribution in [2.24, 2.45) is 0 Å². The van der Waals surface area contributed by atoms with Crippen LogP contribution in [0.3, 0.4) is 0 Å². The maximum absolute atomic E-state index is 6.06. The molecule has 2 heterocycles. The number of rotatable bonds is 3. The van der Waals surface area contributed by atoms with Gasteiger partial charge in [0.15, 0.2) is 0 Å². The van der Waals surface area contributed by atoms with Crippen LogP contribution in [-0.2, 0) is 4.74 Å². The van der Waals surface area contributed by atoms with E-state index in [2.05, 4.69) is 37.1 Å². The molecule has 0 spiro atoms. The van der Waals surface area contributed by atoms with Gasteiger partial charge in [0.05, 0.1) is 12.2 Å². The van der Waals surface area contributed by atoms with E-state index in [0.717, 1.165) is 25.2 Å². The van der Waals surface area contributed by atoms with Gasteiger partial charge in [0.25, 0.3) is 0 Å². The molecule has 1 aliphatic heterocycles. The molecule has 16 heavy (non-hydrogen) atoms. The normalized spacial score (nSPS) is 22.3. The monoisotopic (exact) mass is 220 g/mol. The van der Waals surface area contributed by atoms with E-state index in [1.165, 1.54) is 11.1 Å². The van der Waals surface area contributed by atoms with Crippen molar-refractivity contribution in [3.63, 3.8) is 0 Å². The van der Waals surface area contributed by atoms with Crippen LogP contribution in [0.25, 0.3) is 0 Å². The number of aromatic nitrogens is 1. The first-order chi connectivity index (χ1) is 7.68. The van der Waals surface area contributed by atoms with Crippen molar-refractivity contribution >= 4 is 0 Å². The summed E-state index contributed by atoms with van der Waals surface area (Å²) in [5.41, 5.74) is 3.60. The highest BCUT2D eigenvalue weighted by atomic mass is 16.5. The smallest absolute Gasteiger partial charge is 0.0821 e. The van der Waals surface area contributed by atoms with E-state index < -0.39 is 0 Å². The molecule has 2 rings (SSSR count). The van der Waals surface area contributed by atoms with Gasteiger partial charge in [-0.1, -0.05) is 0 Å². The number of hydrogen-bond donors (Lipinski definition) is 1. The lowest BCUT2D eigenvalue weighted by Gasteiger charge is -2.21. The zero-order valence-corrected chi connectivity index (χ0v) is 10.3. The van der Waals surface area contributed by atoms with Crippen LogP contribution in [0.1, 0.15) is 36.3 Å². The summed E-state index contributed by atoms with van der Waals surface area (Å²) in [6, 6.07) is 2.05. The summed E-state index contributed by atoms with van der Waals surface area (Å²) >= 11 is 0. The number of ether oxygens (including phenoxy) is 1. The van der Waals surface area contributed by atoms with Crippen LogP contribution in [0, 0.1) is 13.8 Å². The van der Waals surface area contributed by atoms with Crippen molar-refractivity contribution in [3.05, 3.63) is 29.1 Å². The summed E-state index contributed by atoms with van der Waals surface area (Å²) in [7, 11) is 0. The van der Waals surface area contributed by atoms with E-state index in [-0.39, 0.29) is 6.10 Å². The Morgan fingerprint density at radius 2 is 2.31 bits per heavy atom. The Morgan fingerprint density at radius 1 is 1.50 bits per heavy atom. The fourth-order valence-corrected chi connectivity index (χ4v) is 2.42. The maximum Gasteiger partial charge on any atom is 0.0821 e. The van der Waals surface area contributed by atoms with Crippen molar-refractivity contribution in [3.8, 4) is 0 Å². The topological polar surface area (TPSA) is 34.1 Å².